The molecule has 0 spiro atoms. The number of sulfonamides is 2. The van der Waals surface area contributed by atoms with Crippen molar-refractivity contribution in [3.8, 4) is 0 Å². The van der Waals surface area contributed by atoms with E-state index in [1.54, 1.807) is 48.5 Å². The molecular weight excluding hydrogens is 372 g/mol. The van der Waals surface area contributed by atoms with E-state index in [0.717, 1.165) is 11.1 Å². The molecule has 0 bridgehead atoms. The lowest BCUT2D eigenvalue weighted by atomic mass is 10.2. The zero-order chi connectivity index (χ0) is 19.4. The summed E-state index contributed by atoms with van der Waals surface area (Å²) >= 11 is 0. The Morgan fingerprint density at radius 3 is 1.77 bits per heavy atom. The number of nitrogens with one attached hydrogen (secondary N) is 1. The molecule has 0 unspecified atom stereocenters. The second-order valence-corrected chi connectivity index (χ2v) is 10.0. The molecule has 0 aliphatic heterocycles. The van der Waals surface area contributed by atoms with Crippen LogP contribution in [0.2, 0.25) is 0 Å². The molecule has 0 saturated heterocycles. The molecule has 26 heavy (non-hydrogen) atoms. The second kappa shape index (κ2) is 8.30. The van der Waals surface area contributed by atoms with Crippen LogP contribution < -0.4 is 4.72 Å². The van der Waals surface area contributed by atoms with Crippen molar-refractivity contribution in [3.05, 3.63) is 59.7 Å². The van der Waals surface area contributed by atoms with Crippen LogP contribution in [-0.2, 0) is 20.0 Å². The Morgan fingerprint density at radius 2 is 1.27 bits per heavy atom. The summed E-state index contributed by atoms with van der Waals surface area (Å²) in [5.74, 6) is 0. The van der Waals surface area contributed by atoms with Gasteiger partial charge in [-0.15, -0.1) is 0 Å². The Hall–Kier alpha value is -1.74. The molecule has 2 rings (SSSR count). The summed E-state index contributed by atoms with van der Waals surface area (Å²) in [6.07, 6.45) is 0.368. The summed E-state index contributed by atoms with van der Waals surface area (Å²) in [5.41, 5.74) is 1.96. The minimum absolute atomic E-state index is 0.157. The normalized spacial score (nSPS) is 12.5. The van der Waals surface area contributed by atoms with Crippen molar-refractivity contribution in [2.75, 3.05) is 20.1 Å². The maximum atomic E-state index is 12.5. The van der Waals surface area contributed by atoms with Gasteiger partial charge in [0.15, 0.2) is 0 Å². The van der Waals surface area contributed by atoms with E-state index >= 15 is 0 Å². The zero-order valence-corrected chi connectivity index (χ0v) is 16.8. The average molecular weight is 397 g/mol. The summed E-state index contributed by atoms with van der Waals surface area (Å²) < 4.78 is 53.1. The molecule has 0 saturated carbocycles. The van der Waals surface area contributed by atoms with Crippen LogP contribution in [0, 0.1) is 13.8 Å². The number of benzene rings is 2. The van der Waals surface area contributed by atoms with Crippen molar-refractivity contribution in [2.24, 2.45) is 0 Å². The van der Waals surface area contributed by atoms with E-state index in [4.69, 9.17) is 0 Å². The minimum atomic E-state index is -3.59. The van der Waals surface area contributed by atoms with E-state index in [-0.39, 0.29) is 22.9 Å². The van der Waals surface area contributed by atoms with Crippen LogP contribution in [0.1, 0.15) is 17.5 Å². The molecule has 1 N–H and O–H groups in total. The highest BCUT2D eigenvalue weighted by Gasteiger charge is 2.20. The first-order valence-electron chi connectivity index (χ1n) is 8.22. The van der Waals surface area contributed by atoms with Crippen molar-refractivity contribution in [1.82, 2.24) is 9.03 Å². The van der Waals surface area contributed by atoms with Gasteiger partial charge in [0.05, 0.1) is 9.79 Å². The molecule has 0 aliphatic rings. The standard InChI is InChI=1S/C18H24N2O4S2/c1-15-5-9-17(10-6-15)25(21,22)19-13-4-14-20(3)26(23,24)18-11-7-16(2)8-12-18/h5-12,19H,4,13-14H2,1-3H3. The quantitative estimate of drug-likeness (QED) is 0.694. The summed E-state index contributed by atoms with van der Waals surface area (Å²) in [4.78, 5) is 0.426. The third kappa shape index (κ3) is 5.14. The Morgan fingerprint density at radius 1 is 0.808 bits per heavy atom. The second-order valence-electron chi connectivity index (χ2n) is 6.20. The predicted octanol–water partition coefficient (Wildman–Crippen LogP) is 2.29. The van der Waals surface area contributed by atoms with Gasteiger partial charge in [0, 0.05) is 20.1 Å². The van der Waals surface area contributed by atoms with Gasteiger partial charge in [-0.3, -0.25) is 0 Å². The Balaban J connectivity index is 1.90. The lowest BCUT2D eigenvalue weighted by Crippen LogP contribution is -2.31. The van der Waals surface area contributed by atoms with Crippen LogP contribution in [0.4, 0.5) is 0 Å². The Kier molecular flexibility index (Phi) is 6.57. The van der Waals surface area contributed by atoms with Gasteiger partial charge in [0.2, 0.25) is 20.0 Å². The smallest absolute Gasteiger partial charge is 0.211 e. The van der Waals surface area contributed by atoms with Crippen LogP contribution in [-0.4, -0.2) is 41.3 Å². The van der Waals surface area contributed by atoms with Crippen LogP contribution in [0.15, 0.2) is 58.3 Å². The van der Waals surface area contributed by atoms with E-state index in [1.807, 2.05) is 13.8 Å². The molecule has 0 radical (unpaired) electrons. The van der Waals surface area contributed by atoms with Crippen molar-refractivity contribution in [1.29, 1.82) is 0 Å². The maximum Gasteiger partial charge on any atom is 0.242 e. The first-order chi connectivity index (χ1) is 12.1. The number of nitrogens with zero attached hydrogens (tertiary/aromatic N) is 1. The minimum Gasteiger partial charge on any atom is -0.211 e. The molecule has 2 aromatic carbocycles. The third-order valence-electron chi connectivity index (χ3n) is 4.00. The topological polar surface area (TPSA) is 83.6 Å². The van der Waals surface area contributed by atoms with Gasteiger partial charge in [-0.2, -0.15) is 0 Å². The van der Waals surface area contributed by atoms with E-state index in [0.29, 0.717) is 6.42 Å². The van der Waals surface area contributed by atoms with Gasteiger partial charge in [0.25, 0.3) is 0 Å². The average Bonchev–Trinajstić information content (AvgIpc) is 2.59. The van der Waals surface area contributed by atoms with Gasteiger partial charge in [-0.25, -0.2) is 25.9 Å². The van der Waals surface area contributed by atoms with E-state index in [9.17, 15) is 16.8 Å². The van der Waals surface area contributed by atoms with Crippen LogP contribution in [0.5, 0.6) is 0 Å². The summed E-state index contributed by atoms with van der Waals surface area (Å²) in [5, 5.41) is 0. The number of rotatable bonds is 8. The highest BCUT2D eigenvalue weighted by atomic mass is 32.2. The first kappa shape index (κ1) is 20.6. The molecule has 2 aromatic rings. The van der Waals surface area contributed by atoms with Crippen LogP contribution >= 0.6 is 0 Å². The lowest BCUT2D eigenvalue weighted by Gasteiger charge is -2.17. The van der Waals surface area contributed by atoms with Crippen molar-refractivity contribution >= 4 is 20.0 Å². The summed E-state index contributed by atoms with van der Waals surface area (Å²) in [6.45, 7) is 4.14. The molecule has 0 fully saturated rings. The fraction of sp³-hybridized carbons (Fsp3) is 0.333. The fourth-order valence-corrected chi connectivity index (χ4v) is 4.60. The number of aryl methyl sites for hydroxylation is 2. The van der Waals surface area contributed by atoms with Crippen LogP contribution in [0.3, 0.4) is 0 Å². The fourth-order valence-electron chi connectivity index (χ4n) is 2.32. The van der Waals surface area contributed by atoms with Crippen molar-refractivity contribution < 1.29 is 16.8 Å². The SMILES string of the molecule is Cc1ccc(S(=O)(=O)NCCCN(C)S(=O)(=O)c2ccc(C)cc2)cc1. The molecular formula is C18H24N2O4S2. The molecule has 8 heteroatoms. The van der Waals surface area contributed by atoms with E-state index in [1.165, 1.54) is 11.4 Å². The first-order valence-corrected chi connectivity index (χ1v) is 11.1. The largest absolute Gasteiger partial charge is 0.242 e. The third-order valence-corrected chi connectivity index (χ3v) is 7.35. The molecule has 0 atom stereocenters. The van der Waals surface area contributed by atoms with E-state index < -0.39 is 20.0 Å². The number of hydrogen-bond donors (Lipinski definition) is 1. The Bertz CT molecular complexity index is 936. The van der Waals surface area contributed by atoms with E-state index in [2.05, 4.69) is 4.72 Å². The lowest BCUT2D eigenvalue weighted by molar-refractivity contribution is 0.460. The van der Waals surface area contributed by atoms with Crippen LogP contribution in [0.25, 0.3) is 0 Å². The predicted molar refractivity (Wildman–Crippen MR) is 102 cm³/mol. The highest BCUT2D eigenvalue weighted by molar-refractivity contribution is 7.89. The summed E-state index contributed by atoms with van der Waals surface area (Å²) in [6, 6.07) is 13.2. The van der Waals surface area contributed by atoms with Crippen molar-refractivity contribution in [3.63, 3.8) is 0 Å². The highest BCUT2D eigenvalue weighted by Crippen LogP contribution is 2.15. The molecule has 142 valence electrons. The molecule has 6 nitrogen and oxygen atoms in total. The molecule has 0 heterocycles. The summed E-state index contributed by atoms with van der Waals surface area (Å²) in [7, 11) is -5.67. The van der Waals surface area contributed by atoms with Gasteiger partial charge in [-0.05, 0) is 44.5 Å². The molecule has 0 aromatic heterocycles. The zero-order valence-electron chi connectivity index (χ0n) is 15.1. The van der Waals surface area contributed by atoms with Gasteiger partial charge in [0.1, 0.15) is 0 Å². The number of hydrogen-bond acceptors (Lipinski definition) is 4. The van der Waals surface area contributed by atoms with Crippen molar-refractivity contribution in [2.45, 2.75) is 30.1 Å². The maximum absolute atomic E-state index is 12.5. The van der Waals surface area contributed by atoms with Gasteiger partial charge < -0.3 is 0 Å². The van der Waals surface area contributed by atoms with Gasteiger partial charge >= 0.3 is 0 Å². The van der Waals surface area contributed by atoms with Gasteiger partial charge in [-0.1, -0.05) is 35.4 Å². The monoisotopic (exact) mass is 396 g/mol. The molecule has 0 aliphatic carbocycles. The molecule has 0 amide bonds. The Labute approximate surface area is 156 Å².